The van der Waals surface area contributed by atoms with Crippen LogP contribution in [0.25, 0.3) is 0 Å². The number of nitrogens with one attached hydrogen (secondary N) is 1. The summed E-state index contributed by atoms with van der Waals surface area (Å²) in [6.45, 7) is 5.57. The summed E-state index contributed by atoms with van der Waals surface area (Å²) in [5.41, 5.74) is 0.0263. The Kier molecular flexibility index (Phi) is 8.85. The maximum Gasteiger partial charge on any atom is 0.416 e. The van der Waals surface area contributed by atoms with Gasteiger partial charge in [0, 0.05) is 37.2 Å². The lowest BCUT2D eigenvalue weighted by Crippen LogP contribution is -2.45. The molecule has 1 N–H and O–H groups in total. The maximum absolute atomic E-state index is 13.1. The van der Waals surface area contributed by atoms with Gasteiger partial charge in [0.05, 0.1) is 5.56 Å². The van der Waals surface area contributed by atoms with Crippen LogP contribution in [0.2, 0.25) is 5.02 Å². The van der Waals surface area contributed by atoms with Gasteiger partial charge in [0.2, 0.25) is 0 Å². The predicted octanol–water partition coefficient (Wildman–Crippen LogP) is 5.31. The lowest BCUT2D eigenvalue weighted by atomic mass is 9.96. The van der Waals surface area contributed by atoms with E-state index in [4.69, 9.17) is 11.6 Å². The maximum atomic E-state index is 13.1. The molecule has 0 unspecified atom stereocenters. The Labute approximate surface area is 153 Å². The third-order valence-electron chi connectivity index (χ3n) is 4.31. The fourth-order valence-corrected chi connectivity index (χ4v) is 3.35. The number of rotatable bonds is 6. The zero-order chi connectivity index (χ0) is 16.9. The van der Waals surface area contributed by atoms with Crippen molar-refractivity contribution in [3.63, 3.8) is 0 Å². The summed E-state index contributed by atoms with van der Waals surface area (Å²) in [5.74, 6) is 0. The highest BCUT2D eigenvalue weighted by Gasteiger charge is 2.32. The third-order valence-corrected chi connectivity index (χ3v) is 4.52. The van der Waals surface area contributed by atoms with E-state index >= 15 is 0 Å². The Morgan fingerprint density at radius 2 is 1.83 bits per heavy atom. The monoisotopic (exact) mass is 384 g/mol. The summed E-state index contributed by atoms with van der Waals surface area (Å²) in [5, 5.41) is 3.45. The molecule has 0 aromatic heterocycles. The van der Waals surface area contributed by atoms with Crippen molar-refractivity contribution in [1.82, 2.24) is 10.2 Å². The molecule has 7 heteroatoms. The third kappa shape index (κ3) is 6.10. The van der Waals surface area contributed by atoms with Gasteiger partial charge in [0.25, 0.3) is 0 Å². The van der Waals surface area contributed by atoms with Crippen molar-refractivity contribution in [2.45, 2.75) is 44.8 Å². The van der Waals surface area contributed by atoms with Crippen LogP contribution in [-0.4, -0.2) is 31.1 Å². The number of halogens is 5. The molecule has 1 fully saturated rings. The van der Waals surface area contributed by atoms with Gasteiger partial charge in [-0.2, -0.15) is 13.2 Å². The zero-order valence-electron chi connectivity index (χ0n) is 13.8. The van der Waals surface area contributed by atoms with Gasteiger partial charge in [-0.1, -0.05) is 37.8 Å². The number of hydrogen-bond donors (Lipinski definition) is 1. The van der Waals surface area contributed by atoms with E-state index in [-0.39, 0.29) is 23.5 Å². The summed E-state index contributed by atoms with van der Waals surface area (Å²) >= 11 is 5.97. The Morgan fingerprint density at radius 3 is 2.42 bits per heavy atom. The van der Waals surface area contributed by atoms with E-state index in [1.807, 2.05) is 0 Å². The first-order chi connectivity index (χ1) is 10.9. The molecule has 1 aromatic carbocycles. The number of unbranched alkanes of at least 4 members (excludes halogenated alkanes) is 2. The number of benzene rings is 1. The van der Waals surface area contributed by atoms with E-state index < -0.39 is 11.7 Å². The second kappa shape index (κ2) is 9.85. The van der Waals surface area contributed by atoms with Gasteiger partial charge in [-0.25, -0.2) is 0 Å². The molecular formula is C17H25Cl2F3N2. The minimum atomic E-state index is -4.36. The lowest BCUT2D eigenvalue weighted by molar-refractivity contribution is -0.137. The van der Waals surface area contributed by atoms with Crippen molar-refractivity contribution in [1.29, 1.82) is 0 Å². The Bertz CT molecular complexity index is 503. The molecule has 1 aliphatic rings. The standard InChI is InChI=1S/C17H24ClF3N2.ClH/c1-2-3-4-5-16(23-8-6-22-7-9-23)13-10-14(17(19,20)21)12-15(18)11-13;/h10-12,16,22H,2-9H2,1H3;1H/t16-;/m0./s1. The van der Waals surface area contributed by atoms with Crippen LogP contribution < -0.4 is 5.32 Å². The second-order valence-corrected chi connectivity index (χ2v) is 6.50. The van der Waals surface area contributed by atoms with Crippen LogP contribution in [0.5, 0.6) is 0 Å². The van der Waals surface area contributed by atoms with Gasteiger partial charge in [-0.15, -0.1) is 12.4 Å². The molecule has 0 radical (unpaired) electrons. The molecule has 138 valence electrons. The number of alkyl halides is 3. The fourth-order valence-electron chi connectivity index (χ4n) is 3.11. The van der Waals surface area contributed by atoms with Crippen molar-refractivity contribution in [2.24, 2.45) is 0 Å². The molecule has 1 atom stereocenters. The van der Waals surface area contributed by atoms with Crippen LogP contribution in [0.3, 0.4) is 0 Å². The Balaban J connectivity index is 0.00000288. The average molecular weight is 385 g/mol. The first-order valence-corrected chi connectivity index (χ1v) is 8.62. The van der Waals surface area contributed by atoms with Gasteiger partial charge < -0.3 is 5.32 Å². The van der Waals surface area contributed by atoms with E-state index in [0.29, 0.717) is 5.56 Å². The van der Waals surface area contributed by atoms with E-state index in [1.54, 1.807) is 6.07 Å². The Morgan fingerprint density at radius 1 is 1.17 bits per heavy atom. The van der Waals surface area contributed by atoms with Gasteiger partial charge >= 0.3 is 6.18 Å². The molecule has 2 nitrogen and oxygen atoms in total. The summed E-state index contributed by atoms with van der Waals surface area (Å²) in [6, 6.07) is 3.97. The number of nitrogens with zero attached hydrogens (tertiary/aromatic N) is 1. The van der Waals surface area contributed by atoms with Crippen LogP contribution in [0.1, 0.15) is 49.8 Å². The largest absolute Gasteiger partial charge is 0.416 e. The minimum Gasteiger partial charge on any atom is -0.314 e. The Hall–Kier alpha value is -0.490. The fraction of sp³-hybridized carbons (Fsp3) is 0.647. The summed E-state index contributed by atoms with van der Waals surface area (Å²) in [6.07, 6.45) is -0.297. The van der Waals surface area contributed by atoms with Crippen molar-refractivity contribution < 1.29 is 13.2 Å². The highest BCUT2D eigenvalue weighted by Crippen LogP contribution is 2.36. The number of piperazine rings is 1. The predicted molar refractivity (Wildman–Crippen MR) is 95.0 cm³/mol. The smallest absolute Gasteiger partial charge is 0.314 e. The van der Waals surface area contributed by atoms with Crippen molar-refractivity contribution in [2.75, 3.05) is 26.2 Å². The molecule has 0 bridgehead atoms. The molecule has 0 aliphatic carbocycles. The van der Waals surface area contributed by atoms with Crippen LogP contribution in [-0.2, 0) is 6.18 Å². The molecule has 2 rings (SSSR count). The molecule has 1 aliphatic heterocycles. The highest BCUT2D eigenvalue weighted by atomic mass is 35.5. The summed E-state index contributed by atoms with van der Waals surface area (Å²) in [4.78, 5) is 2.28. The van der Waals surface area contributed by atoms with Crippen LogP contribution >= 0.6 is 24.0 Å². The second-order valence-electron chi connectivity index (χ2n) is 6.07. The lowest BCUT2D eigenvalue weighted by Gasteiger charge is -2.35. The molecule has 1 saturated heterocycles. The van der Waals surface area contributed by atoms with Gasteiger partial charge in [-0.05, 0) is 30.2 Å². The molecule has 0 amide bonds. The summed E-state index contributed by atoms with van der Waals surface area (Å²) < 4.78 is 39.2. The van der Waals surface area contributed by atoms with Crippen LogP contribution in [0.15, 0.2) is 18.2 Å². The molecule has 0 saturated carbocycles. The topological polar surface area (TPSA) is 15.3 Å². The zero-order valence-corrected chi connectivity index (χ0v) is 15.4. The SMILES string of the molecule is CCCCC[C@@H](c1cc(Cl)cc(C(F)(F)F)c1)N1CCNCC1.Cl. The normalized spacial score (nSPS) is 17.4. The molecule has 1 aromatic rings. The molecule has 1 heterocycles. The average Bonchev–Trinajstić information content (AvgIpc) is 2.51. The number of hydrogen-bond acceptors (Lipinski definition) is 2. The van der Waals surface area contributed by atoms with Crippen molar-refractivity contribution in [3.05, 3.63) is 34.3 Å². The first-order valence-electron chi connectivity index (χ1n) is 8.24. The van der Waals surface area contributed by atoms with E-state index in [2.05, 4.69) is 17.1 Å². The molecule has 0 spiro atoms. The van der Waals surface area contributed by atoms with E-state index in [9.17, 15) is 13.2 Å². The van der Waals surface area contributed by atoms with Crippen molar-refractivity contribution >= 4 is 24.0 Å². The van der Waals surface area contributed by atoms with Crippen LogP contribution in [0.4, 0.5) is 13.2 Å². The molecular weight excluding hydrogens is 360 g/mol. The van der Waals surface area contributed by atoms with E-state index in [0.717, 1.165) is 57.9 Å². The van der Waals surface area contributed by atoms with Crippen LogP contribution in [0, 0.1) is 0 Å². The highest BCUT2D eigenvalue weighted by molar-refractivity contribution is 6.30. The van der Waals surface area contributed by atoms with Gasteiger partial charge in [-0.3, -0.25) is 4.90 Å². The quantitative estimate of drug-likeness (QED) is 0.668. The van der Waals surface area contributed by atoms with Gasteiger partial charge in [0.15, 0.2) is 0 Å². The first kappa shape index (κ1) is 21.6. The van der Waals surface area contributed by atoms with Gasteiger partial charge in [0.1, 0.15) is 0 Å². The molecule has 24 heavy (non-hydrogen) atoms. The van der Waals surface area contributed by atoms with E-state index in [1.165, 1.54) is 6.07 Å². The van der Waals surface area contributed by atoms with Crippen molar-refractivity contribution in [3.8, 4) is 0 Å². The minimum absolute atomic E-state index is 0. The summed E-state index contributed by atoms with van der Waals surface area (Å²) in [7, 11) is 0.